The van der Waals surface area contributed by atoms with Gasteiger partial charge in [-0.05, 0) is 24.3 Å². The normalized spacial score (nSPS) is 10.0. The molecular weight excluding hydrogens is 166 g/mol. The molecule has 0 saturated heterocycles. The summed E-state index contributed by atoms with van der Waals surface area (Å²) in [5.41, 5.74) is 1.18. The van der Waals surface area contributed by atoms with Crippen LogP contribution in [-0.2, 0) is 0 Å². The molecule has 3 heteroatoms. The van der Waals surface area contributed by atoms with E-state index in [9.17, 15) is 0 Å². The molecule has 0 saturated carbocycles. The van der Waals surface area contributed by atoms with Gasteiger partial charge in [-0.25, -0.2) is 0 Å². The van der Waals surface area contributed by atoms with Crippen LogP contribution in [0.3, 0.4) is 0 Å². The highest BCUT2D eigenvalue weighted by Crippen LogP contribution is 2.14. The summed E-state index contributed by atoms with van der Waals surface area (Å²) in [7, 11) is 1.28. The molecule has 0 heterocycles. The number of methoxy groups -OCH3 is 1. The second-order valence-corrected chi connectivity index (χ2v) is 5.10. The van der Waals surface area contributed by atoms with Crippen LogP contribution >= 0.6 is 0 Å². The molecular formula is C9H14NOSi. The Labute approximate surface area is 75.2 Å². The van der Waals surface area contributed by atoms with Crippen molar-refractivity contribution in [2.24, 2.45) is 0 Å². The zero-order chi connectivity index (χ0) is 8.97. The molecule has 1 aromatic rings. The zero-order valence-electron chi connectivity index (χ0n) is 7.72. The predicted octanol–water partition coefficient (Wildman–Crippen LogP) is 2.36. The van der Waals surface area contributed by atoms with Crippen molar-refractivity contribution in [3.63, 3.8) is 0 Å². The van der Waals surface area contributed by atoms with Gasteiger partial charge >= 0.3 is 0 Å². The Hall–Kier alpha value is -0.963. The molecule has 1 N–H and O–H groups in total. The van der Waals surface area contributed by atoms with Crippen LogP contribution in [0, 0.1) is 0 Å². The van der Waals surface area contributed by atoms with Crippen LogP contribution in [-0.4, -0.2) is 16.1 Å². The average molecular weight is 180 g/mol. The monoisotopic (exact) mass is 180 g/mol. The van der Waals surface area contributed by atoms with Crippen molar-refractivity contribution in [1.82, 2.24) is 0 Å². The fourth-order valence-corrected chi connectivity index (χ4v) is 1.71. The largest absolute Gasteiger partial charge is 0.497 e. The Kier molecular flexibility index (Phi) is 3.16. The van der Waals surface area contributed by atoms with Gasteiger partial charge in [0.1, 0.15) is 5.75 Å². The molecule has 0 aliphatic carbocycles. The van der Waals surface area contributed by atoms with Crippen LogP contribution in [0.4, 0.5) is 5.69 Å². The van der Waals surface area contributed by atoms with Crippen molar-refractivity contribution in [3.8, 4) is 5.75 Å². The second kappa shape index (κ2) is 4.16. The minimum atomic E-state index is -0.397. The minimum absolute atomic E-state index is 0.397. The summed E-state index contributed by atoms with van der Waals surface area (Å²) in [6.07, 6.45) is 0. The predicted molar refractivity (Wildman–Crippen MR) is 54.1 cm³/mol. The average Bonchev–Trinajstić information content (AvgIpc) is 2.05. The van der Waals surface area contributed by atoms with E-state index in [1.807, 2.05) is 24.3 Å². The maximum Gasteiger partial charge on any atom is 0.159 e. The van der Waals surface area contributed by atoms with Crippen molar-refractivity contribution in [1.29, 1.82) is 0 Å². The molecule has 0 spiro atoms. The number of nitrogens with one attached hydrogen (secondary N) is 1. The Balaban J connectivity index is 2.65. The minimum Gasteiger partial charge on any atom is -0.497 e. The molecule has 0 fully saturated rings. The summed E-state index contributed by atoms with van der Waals surface area (Å²) in [6.45, 7) is 4.43. The van der Waals surface area contributed by atoms with Crippen LogP contribution in [0.25, 0.3) is 0 Å². The van der Waals surface area contributed by atoms with Gasteiger partial charge in [0.05, 0.1) is 7.11 Å². The van der Waals surface area contributed by atoms with Crippen LogP contribution in [0.15, 0.2) is 24.3 Å². The van der Waals surface area contributed by atoms with Gasteiger partial charge in [0.25, 0.3) is 0 Å². The number of anilines is 1. The SMILES string of the molecule is COc1ccc(N[Si](C)C)cc1. The molecule has 0 aliphatic rings. The number of ether oxygens (including phenoxy) is 1. The van der Waals surface area contributed by atoms with E-state index in [2.05, 4.69) is 18.1 Å². The fraction of sp³-hybridized carbons (Fsp3) is 0.333. The van der Waals surface area contributed by atoms with E-state index >= 15 is 0 Å². The van der Waals surface area contributed by atoms with Crippen LogP contribution in [0.1, 0.15) is 0 Å². The van der Waals surface area contributed by atoms with Gasteiger partial charge in [-0.2, -0.15) is 0 Å². The molecule has 0 amide bonds. The summed E-state index contributed by atoms with van der Waals surface area (Å²) < 4.78 is 5.05. The molecule has 12 heavy (non-hydrogen) atoms. The second-order valence-electron chi connectivity index (χ2n) is 2.85. The van der Waals surface area contributed by atoms with Crippen molar-refractivity contribution < 1.29 is 4.74 Å². The van der Waals surface area contributed by atoms with Crippen molar-refractivity contribution in [3.05, 3.63) is 24.3 Å². The number of hydrogen-bond donors (Lipinski definition) is 1. The van der Waals surface area contributed by atoms with Gasteiger partial charge < -0.3 is 9.72 Å². The third-order valence-electron chi connectivity index (χ3n) is 1.48. The molecule has 0 aromatic heterocycles. The summed E-state index contributed by atoms with van der Waals surface area (Å²) in [5, 5.41) is 0. The summed E-state index contributed by atoms with van der Waals surface area (Å²) in [4.78, 5) is 3.40. The van der Waals surface area contributed by atoms with Crippen molar-refractivity contribution in [2.45, 2.75) is 13.1 Å². The Bertz CT molecular complexity index is 233. The van der Waals surface area contributed by atoms with Gasteiger partial charge in [0, 0.05) is 5.69 Å². The first-order valence-corrected chi connectivity index (χ1v) is 6.43. The van der Waals surface area contributed by atoms with E-state index in [0.29, 0.717) is 0 Å². The first kappa shape index (κ1) is 9.13. The van der Waals surface area contributed by atoms with E-state index in [0.717, 1.165) is 5.75 Å². The van der Waals surface area contributed by atoms with E-state index < -0.39 is 8.96 Å². The quantitative estimate of drug-likeness (QED) is 0.721. The molecule has 1 aromatic carbocycles. The molecule has 0 atom stereocenters. The lowest BCUT2D eigenvalue weighted by molar-refractivity contribution is 0.415. The Morgan fingerprint density at radius 3 is 2.17 bits per heavy atom. The highest BCUT2D eigenvalue weighted by molar-refractivity contribution is 6.59. The van der Waals surface area contributed by atoms with Gasteiger partial charge in [-0.3, -0.25) is 0 Å². The molecule has 0 unspecified atom stereocenters. The molecule has 1 rings (SSSR count). The lowest BCUT2D eigenvalue weighted by Crippen LogP contribution is -2.14. The zero-order valence-corrected chi connectivity index (χ0v) is 8.72. The number of hydrogen-bond acceptors (Lipinski definition) is 2. The first-order chi connectivity index (χ1) is 5.72. The fourth-order valence-electron chi connectivity index (χ4n) is 0.963. The van der Waals surface area contributed by atoms with Gasteiger partial charge in [-0.15, -0.1) is 0 Å². The molecule has 1 radical (unpaired) electrons. The van der Waals surface area contributed by atoms with E-state index in [1.165, 1.54) is 5.69 Å². The lowest BCUT2D eigenvalue weighted by Gasteiger charge is -2.08. The van der Waals surface area contributed by atoms with E-state index in [4.69, 9.17) is 4.74 Å². The third-order valence-corrected chi connectivity index (χ3v) is 2.27. The standard InChI is InChI=1S/C9H14NOSi/c1-11-9-6-4-8(5-7-9)10-12(2)3/h4-7,10H,1-3H3. The van der Waals surface area contributed by atoms with E-state index in [1.54, 1.807) is 7.11 Å². The molecule has 0 aliphatic heterocycles. The molecule has 0 bridgehead atoms. The maximum atomic E-state index is 5.05. The number of rotatable bonds is 3. The van der Waals surface area contributed by atoms with E-state index in [-0.39, 0.29) is 0 Å². The van der Waals surface area contributed by atoms with Crippen LogP contribution in [0.5, 0.6) is 5.75 Å². The smallest absolute Gasteiger partial charge is 0.159 e. The third kappa shape index (κ3) is 2.58. The highest BCUT2D eigenvalue weighted by atomic mass is 28.3. The number of benzene rings is 1. The van der Waals surface area contributed by atoms with Crippen LogP contribution in [0.2, 0.25) is 13.1 Å². The van der Waals surface area contributed by atoms with Crippen molar-refractivity contribution >= 4 is 14.6 Å². The summed E-state index contributed by atoms with van der Waals surface area (Å²) in [6, 6.07) is 8.01. The Morgan fingerprint density at radius 1 is 1.17 bits per heavy atom. The topological polar surface area (TPSA) is 21.3 Å². The first-order valence-electron chi connectivity index (χ1n) is 3.93. The van der Waals surface area contributed by atoms with Crippen molar-refractivity contribution in [2.75, 3.05) is 12.1 Å². The summed E-state index contributed by atoms with van der Waals surface area (Å²) >= 11 is 0. The Morgan fingerprint density at radius 2 is 1.75 bits per heavy atom. The van der Waals surface area contributed by atoms with Gasteiger partial charge in [0.15, 0.2) is 8.96 Å². The van der Waals surface area contributed by atoms with Crippen LogP contribution < -0.4 is 9.72 Å². The highest BCUT2D eigenvalue weighted by Gasteiger charge is 1.96. The lowest BCUT2D eigenvalue weighted by atomic mass is 10.3. The van der Waals surface area contributed by atoms with Gasteiger partial charge in [0.2, 0.25) is 0 Å². The molecule has 65 valence electrons. The molecule has 2 nitrogen and oxygen atoms in total. The van der Waals surface area contributed by atoms with Gasteiger partial charge in [-0.1, -0.05) is 13.1 Å². The summed E-state index contributed by atoms with van der Waals surface area (Å²) in [5.74, 6) is 0.904. The maximum absolute atomic E-state index is 5.05.